The second-order valence-electron chi connectivity index (χ2n) is 2.74. The van der Waals surface area contributed by atoms with E-state index in [2.05, 4.69) is 5.32 Å². The maximum absolute atomic E-state index is 5.73. The molecule has 4 heteroatoms. The highest BCUT2D eigenvalue weighted by Crippen LogP contribution is 2.15. The molecule has 3 N–H and O–H groups in total. The van der Waals surface area contributed by atoms with E-state index in [0.29, 0.717) is 24.4 Å². The summed E-state index contributed by atoms with van der Waals surface area (Å²) >= 11 is 5.73. The fourth-order valence-corrected chi connectivity index (χ4v) is 0.994. The molecular weight excluding hydrogens is 176 g/mol. The van der Waals surface area contributed by atoms with E-state index >= 15 is 0 Å². The van der Waals surface area contributed by atoms with Crippen LogP contribution in [0, 0.1) is 0 Å². The zero-order valence-electron chi connectivity index (χ0n) is 7.01. The Bertz CT molecular complexity index is 237. The van der Waals surface area contributed by atoms with Crippen LogP contribution in [0.1, 0.15) is 12.5 Å². The third-order valence-corrected chi connectivity index (χ3v) is 2.02. The van der Waals surface area contributed by atoms with Crippen molar-refractivity contribution in [2.45, 2.75) is 19.5 Å². The van der Waals surface area contributed by atoms with Gasteiger partial charge in [-0.05, 0) is 24.6 Å². The molecular formula is C8H13ClN2O. The first-order chi connectivity index (χ1) is 5.74. The van der Waals surface area contributed by atoms with Crippen LogP contribution in [0.5, 0.6) is 0 Å². The van der Waals surface area contributed by atoms with E-state index < -0.39 is 0 Å². The van der Waals surface area contributed by atoms with E-state index in [1.54, 1.807) is 6.26 Å². The lowest BCUT2D eigenvalue weighted by atomic mass is 10.3. The van der Waals surface area contributed by atoms with Crippen LogP contribution in [-0.4, -0.2) is 12.6 Å². The van der Waals surface area contributed by atoms with Crippen molar-refractivity contribution in [3.05, 3.63) is 23.1 Å². The topological polar surface area (TPSA) is 51.2 Å². The largest absolute Gasteiger partial charge is 0.453 e. The molecule has 0 aliphatic rings. The molecule has 1 aromatic rings. The number of hydrogen-bond acceptors (Lipinski definition) is 3. The van der Waals surface area contributed by atoms with E-state index in [1.165, 1.54) is 0 Å². The van der Waals surface area contributed by atoms with Crippen LogP contribution in [0.2, 0.25) is 5.22 Å². The molecule has 12 heavy (non-hydrogen) atoms. The van der Waals surface area contributed by atoms with E-state index in [-0.39, 0.29) is 0 Å². The van der Waals surface area contributed by atoms with Crippen molar-refractivity contribution < 1.29 is 4.42 Å². The van der Waals surface area contributed by atoms with E-state index in [1.807, 2.05) is 13.0 Å². The highest BCUT2D eigenvalue weighted by atomic mass is 35.5. The number of furan rings is 1. The average Bonchev–Trinajstić information content (AvgIpc) is 2.47. The standard InChI is InChI=1S/C8H13ClN2O/c1-6(4-10)11-5-7-2-3-12-8(7)9/h2-3,6,11H,4-5,10H2,1H3/t6-/m1/s1. The fourth-order valence-electron chi connectivity index (χ4n) is 0.813. The first-order valence-corrected chi connectivity index (χ1v) is 4.27. The Labute approximate surface area is 76.9 Å². The van der Waals surface area contributed by atoms with Gasteiger partial charge in [0.1, 0.15) is 0 Å². The Kier molecular flexibility index (Phi) is 3.59. The van der Waals surface area contributed by atoms with Crippen LogP contribution < -0.4 is 11.1 Å². The van der Waals surface area contributed by atoms with Gasteiger partial charge in [-0.1, -0.05) is 0 Å². The van der Waals surface area contributed by atoms with Gasteiger partial charge >= 0.3 is 0 Å². The molecule has 0 saturated carbocycles. The molecule has 1 atom stereocenters. The molecule has 0 spiro atoms. The van der Waals surface area contributed by atoms with E-state index in [9.17, 15) is 0 Å². The van der Waals surface area contributed by atoms with E-state index in [4.69, 9.17) is 21.8 Å². The van der Waals surface area contributed by atoms with Gasteiger partial charge in [0.25, 0.3) is 0 Å². The van der Waals surface area contributed by atoms with Crippen LogP contribution in [0.4, 0.5) is 0 Å². The zero-order chi connectivity index (χ0) is 8.97. The summed E-state index contributed by atoms with van der Waals surface area (Å²) in [5.74, 6) is 0. The Morgan fingerprint density at radius 2 is 2.50 bits per heavy atom. The second-order valence-corrected chi connectivity index (χ2v) is 3.08. The van der Waals surface area contributed by atoms with Gasteiger partial charge in [-0.25, -0.2) is 0 Å². The first-order valence-electron chi connectivity index (χ1n) is 3.89. The molecule has 0 fully saturated rings. The van der Waals surface area contributed by atoms with Crippen molar-refractivity contribution in [2.75, 3.05) is 6.54 Å². The molecule has 1 heterocycles. The summed E-state index contributed by atoms with van der Waals surface area (Å²) in [5.41, 5.74) is 6.40. The number of hydrogen-bond donors (Lipinski definition) is 2. The molecule has 0 radical (unpaired) electrons. The van der Waals surface area contributed by atoms with Crippen molar-refractivity contribution in [1.29, 1.82) is 0 Å². The molecule has 3 nitrogen and oxygen atoms in total. The van der Waals surface area contributed by atoms with Gasteiger partial charge in [0.15, 0.2) is 5.22 Å². The minimum atomic E-state index is 0.302. The van der Waals surface area contributed by atoms with Gasteiger partial charge in [0.05, 0.1) is 6.26 Å². The summed E-state index contributed by atoms with van der Waals surface area (Å²) in [6, 6.07) is 2.15. The molecule has 68 valence electrons. The van der Waals surface area contributed by atoms with Gasteiger partial charge in [0, 0.05) is 24.7 Å². The third-order valence-electron chi connectivity index (χ3n) is 1.69. The Morgan fingerprint density at radius 3 is 3.00 bits per heavy atom. The minimum absolute atomic E-state index is 0.302. The molecule has 0 amide bonds. The van der Waals surface area contributed by atoms with Gasteiger partial charge < -0.3 is 15.5 Å². The Balaban J connectivity index is 2.38. The highest BCUT2D eigenvalue weighted by molar-refractivity contribution is 6.29. The molecule has 0 saturated heterocycles. The number of nitrogens with one attached hydrogen (secondary N) is 1. The Morgan fingerprint density at radius 1 is 1.75 bits per heavy atom. The molecule has 1 aromatic heterocycles. The quantitative estimate of drug-likeness (QED) is 0.751. The van der Waals surface area contributed by atoms with Gasteiger partial charge in [-0.3, -0.25) is 0 Å². The van der Waals surface area contributed by atoms with Crippen molar-refractivity contribution in [2.24, 2.45) is 5.73 Å². The van der Waals surface area contributed by atoms with Crippen molar-refractivity contribution in [3.8, 4) is 0 Å². The summed E-state index contributed by atoms with van der Waals surface area (Å²) in [7, 11) is 0. The number of nitrogens with two attached hydrogens (primary N) is 1. The normalized spacial score (nSPS) is 13.2. The predicted molar refractivity (Wildman–Crippen MR) is 49.1 cm³/mol. The highest BCUT2D eigenvalue weighted by Gasteiger charge is 2.04. The SMILES string of the molecule is C[C@H](CN)NCc1ccoc1Cl. The summed E-state index contributed by atoms with van der Waals surface area (Å²) in [6.07, 6.45) is 1.58. The zero-order valence-corrected chi connectivity index (χ0v) is 7.77. The molecule has 0 bridgehead atoms. The van der Waals surface area contributed by atoms with Gasteiger partial charge in [-0.2, -0.15) is 0 Å². The van der Waals surface area contributed by atoms with Crippen LogP contribution in [-0.2, 0) is 6.54 Å². The lowest BCUT2D eigenvalue weighted by Crippen LogP contribution is -2.32. The molecule has 0 unspecified atom stereocenters. The van der Waals surface area contributed by atoms with Gasteiger partial charge in [-0.15, -0.1) is 0 Å². The smallest absolute Gasteiger partial charge is 0.197 e. The Hall–Kier alpha value is -0.510. The summed E-state index contributed by atoms with van der Waals surface area (Å²) in [4.78, 5) is 0. The second kappa shape index (κ2) is 4.50. The average molecular weight is 189 g/mol. The van der Waals surface area contributed by atoms with Crippen LogP contribution in [0.3, 0.4) is 0 Å². The predicted octanol–water partition coefficient (Wildman–Crippen LogP) is 1.37. The van der Waals surface area contributed by atoms with Crippen LogP contribution in [0.15, 0.2) is 16.7 Å². The van der Waals surface area contributed by atoms with Crippen molar-refractivity contribution >= 4 is 11.6 Å². The summed E-state index contributed by atoms with van der Waals surface area (Å²) in [5, 5.41) is 3.66. The molecule has 0 aromatic carbocycles. The number of rotatable bonds is 4. The number of halogens is 1. The first kappa shape index (κ1) is 9.58. The minimum Gasteiger partial charge on any atom is -0.453 e. The van der Waals surface area contributed by atoms with Crippen molar-refractivity contribution in [3.63, 3.8) is 0 Å². The van der Waals surface area contributed by atoms with Crippen molar-refractivity contribution in [1.82, 2.24) is 5.32 Å². The van der Waals surface area contributed by atoms with Crippen LogP contribution >= 0.6 is 11.6 Å². The molecule has 1 rings (SSSR count). The fraction of sp³-hybridized carbons (Fsp3) is 0.500. The lowest BCUT2D eigenvalue weighted by molar-refractivity contribution is 0.540. The van der Waals surface area contributed by atoms with Crippen LogP contribution in [0.25, 0.3) is 0 Å². The summed E-state index contributed by atoms with van der Waals surface area (Å²) < 4.78 is 4.92. The monoisotopic (exact) mass is 188 g/mol. The maximum Gasteiger partial charge on any atom is 0.197 e. The van der Waals surface area contributed by atoms with Gasteiger partial charge in [0.2, 0.25) is 0 Å². The van der Waals surface area contributed by atoms with E-state index in [0.717, 1.165) is 5.56 Å². The maximum atomic E-state index is 5.73. The summed E-state index contributed by atoms with van der Waals surface area (Å²) in [6.45, 7) is 3.34. The molecule has 0 aliphatic carbocycles. The molecule has 0 aliphatic heterocycles. The lowest BCUT2D eigenvalue weighted by Gasteiger charge is -2.09. The third kappa shape index (κ3) is 2.52.